The summed E-state index contributed by atoms with van der Waals surface area (Å²) in [6, 6.07) is 15.6. The maximum absolute atomic E-state index is 12.6. The lowest BCUT2D eigenvalue weighted by molar-refractivity contribution is -0.116. The summed E-state index contributed by atoms with van der Waals surface area (Å²) in [5.74, 6) is 1.83. The Balaban J connectivity index is 1.63. The van der Waals surface area contributed by atoms with Crippen LogP contribution in [0.5, 0.6) is 11.5 Å². The first-order chi connectivity index (χ1) is 13.0. The third kappa shape index (κ3) is 3.35. The Hall–Kier alpha value is -2.66. The largest absolute Gasteiger partial charge is 0.457 e. The molecule has 1 atom stereocenters. The fourth-order valence-electron chi connectivity index (χ4n) is 3.71. The van der Waals surface area contributed by atoms with Gasteiger partial charge in [0.25, 0.3) is 0 Å². The van der Waals surface area contributed by atoms with Crippen molar-refractivity contribution in [1.82, 2.24) is 10.2 Å². The molecule has 2 aliphatic rings. The van der Waals surface area contributed by atoms with Crippen LogP contribution in [-0.2, 0) is 4.79 Å². The molecule has 0 amide bonds. The van der Waals surface area contributed by atoms with Crippen LogP contribution in [0, 0.1) is 6.92 Å². The van der Waals surface area contributed by atoms with Crippen LogP contribution < -0.4 is 10.1 Å². The van der Waals surface area contributed by atoms with Gasteiger partial charge in [-0.25, -0.2) is 0 Å². The predicted molar refractivity (Wildman–Crippen MR) is 110 cm³/mol. The van der Waals surface area contributed by atoms with Gasteiger partial charge in [-0.3, -0.25) is 4.79 Å². The number of hydrogen-bond donors (Lipinski definition) is 1. The average Bonchev–Trinajstić information content (AvgIpc) is 2.67. The molecular formula is C22H22N2O2S. The minimum atomic E-state index is -0.191. The molecule has 1 N–H and O–H groups in total. The summed E-state index contributed by atoms with van der Waals surface area (Å²) < 4.78 is 5.98. The van der Waals surface area contributed by atoms with Gasteiger partial charge in [-0.15, -0.1) is 0 Å². The second-order valence-corrected chi connectivity index (χ2v) is 7.40. The van der Waals surface area contributed by atoms with E-state index in [4.69, 9.17) is 17.0 Å². The lowest BCUT2D eigenvalue weighted by Crippen LogP contribution is -2.47. The van der Waals surface area contributed by atoms with E-state index in [1.54, 1.807) is 0 Å². The maximum atomic E-state index is 12.6. The molecule has 4 rings (SSSR count). The van der Waals surface area contributed by atoms with Gasteiger partial charge in [-0.1, -0.05) is 30.3 Å². The van der Waals surface area contributed by atoms with E-state index in [2.05, 4.69) is 5.32 Å². The number of Topliss-reactive ketones (excluding diaryl/α,β-unsaturated/α-hetero) is 1. The number of carbonyl (C=O) groups is 1. The van der Waals surface area contributed by atoms with Crippen molar-refractivity contribution in [3.05, 3.63) is 70.9 Å². The van der Waals surface area contributed by atoms with E-state index in [1.165, 1.54) is 0 Å². The summed E-state index contributed by atoms with van der Waals surface area (Å²) in [6.45, 7) is 2.02. The van der Waals surface area contributed by atoms with Gasteiger partial charge in [0.15, 0.2) is 10.9 Å². The maximum Gasteiger partial charge on any atom is 0.173 e. The van der Waals surface area contributed by atoms with E-state index < -0.39 is 0 Å². The number of ether oxygens (including phenoxy) is 1. The number of benzene rings is 2. The fourth-order valence-corrected chi connectivity index (χ4v) is 3.94. The summed E-state index contributed by atoms with van der Waals surface area (Å²) in [4.78, 5) is 14.6. The molecule has 5 heteroatoms. The highest BCUT2D eigenvalue weighted by molar-refractivity contribution is 7.80. The zero-order valence-electron chi connectivity index (χ0n) is 15.5. The van der Waals surface area contributed by atoms with Crippen LogP contribution in [0.2, 0.25) is 0 Å². The van der Waals surface area contributed by atoms with Crippen molar-refractivity contribution in [2.24, 2.45) is 0 Å². The van der Waals surface area contributed by atoms with Crippen LogP contribution in [0.1, 0.15) is 36.4 Å². The number of thiocarbonyl (C=S) groups is 1. The van der Waals surface area contributed by atoms with E-state index in [1.807, 2.05) is 67.4 Å². The van der Waals surface area contributed by atoms with Crippen LogP contribution >= 0.6 is 12.2 Å². The number of ketones is 1. The van der Waals surface area contributed by atoms with Gasteiger partial charge in [0.2, 0.25) is 0 Å². The molecule has 1 aliphatic carbocycles. The van der Waals surface area contributed by atoms with E-state index in [0.717, 1.165) is 46.7 Å². The SMILES string of the molecule is Cc1ccccc1Oc1ccc(C2NC(=S)N(C)C3=C2C(=O)CCC3)cc1. The molecule has 0 radical (unpaired) electrons. The van der Waals surface area contributed by atoms with E-state index in [9.17, 15) is 4.79 Å². The molecule has 0 spiro atoms. The Bertz CT molecular complexity index is 934. The van der Waals surface area contributed by atoms with Crippen LogP contribution in [0.25, 0.3) is 0 Å². The number of rotatable bonds is 3. The van der Waals surface area contributed by atoms with E-state index >= 15 is 0 Å². The molecule has 1 unspecified atom stereocenters. The molecular weight excluding hydrogens is 356 g/mol. The molecule has 1 heterocycles. The smallest absolute Gasteiger partial charge is 0.173 e. The molecule has 1 aliphatic heterocycles. The first kappa shape index (κ1) is 17.7. The highest BCUT2D eigenvalue weighted by Crippen LogP contribution is 2.37. The third-order valence-corrected chi connectivity index (χ3v) is 5.62. The standard InChI is InChI=1S/C22H22N2O2S/c1-14-6-3-4-9-19(14)26-16-12-10-15(11-13-16)21-20-17(7-5-8-18(20)25)24(2)22(27)23-21/h3-4,6,9-13,21H,5,7-8H2,1-2H3,(H,23,27). The van der Waals surface area contributed by atoms with E-state index in [0.29, 0.717) is 11.5 Å². The number of carbonyl (C=O) groups excluding carboxylic acids is 1. The Kier molecular flexibility index (Phi) is 4.70. The normalized spacial score (nSPS) is 19.6. The second-order valence-electron chi connectivity index (χ2n) is 7.02. The van der Waals surface area contributed by atoms with Crippen molar-refractivity contribution in [2.75, 3.05) is 7.05 Å². The molecule has 2 aromatic carbocycles. The second kappa shape index (κ2) is 7.16. The van der Waals surface area contributed by atoms with Crippen LogP contribution in [0.3, 0.4) is 0 Å². The minimum Gasteiger partial charge on any atom is -0.457 e. The third-order valence-electron chi connectivity index (χ3n) is 5.23. The molecule has 0 saturated carbocycles. The van der Waals surface area contributed by atoms with Gasteiger partial charge in [0, 0.05) is 24.7 Å². The average molecular weight is 378 g/mol. The van der Waals surface area contributed by atoms with Crippen LogP contribution in [-0.4, -0.2) is 22.8 Å². The zero-order chi connectivity index (χ0) is 19.0. The summed E-state index contributed by atoms with van der Waals surface area (Å²) in [5.41, 5.74) is 4.02. The summed E-state index contributed by atoms with van der Waals surface area (Å²) in [6.07, 6.45) is 2.39. The quantitative estimate of drug-likeness (QED) is 0.787. The number of nitrogens with one attached hydrogen (secondary N) is 1. The number of hydrogen-bond acceptors (Lipinski definition) is 3. The lowest BCUT2D eigenvalue weighted by Gasteiger charge is -2.39. The monoisotopic (exact) mass is 378 g/mol. The number of para-hydroxylation sites is 1. The topological polar surface area (TPSA) is 41.6 Å². The van der Waals surface area contributed by atoms with Crippen molar-refractivity contribution in [3.8, 4) is 11.5 Å². The summed E-state index contributed by atoms with van der Waals surface area (Å²) in [7, 11) is 1.93. The van der Waals surface area contributed by atoms with Crippen molar-refractivity contribution in [3.63, 3.8) is 0 Å². The van der Waals surface area contributed by atoms with Gasteiger partial charge in [0.05, 0.1) is 6.04 Å². The Morgan fingerprint density at radius 2 is 1.85 bits per heavy atom. The zero-order valence-corrected chi connectivity index (χ0v) is 16.3. The van der Waals surface area contributed by atoms with Crippen molar-refractivity contribution < 1.29 is 9.53 Å². The van der Waals surface area contributed by atoms with Crippen molar-refractivity contribution >= 4 is 23.1 Å². The summed E-state index contributed by atoms with van der Waals surface area (Å²) in [5, 5.41) is 3.99. The van der Waals surface area contributed by atoms with E-state index in [-0.39, 0.29) is 11.8 Å². The molecule has 0 saturated heterocycles. The first-order valence-corrected chi connectivity index (χ1v) is 9.59. The van der Waals surface area contributed by atoms with Crippen molar-refractivity contribution in [2.45, 2.75) is 32.2 Å². The molecule has 138 valence electrons. The summed E-state index contributed by atoms with van der Waals surface area (Å²) >= 11 is 5.48. The molecule has 0 aromatic heterocycles. The van der Waals surface area contributed by atoms with Gasteiger partial charge in [0.1, 0.15) is 11.5 Å². The van der Waals surface area contributed by atoms with Gasteiger partial charge < -0.3 is 15.0 Å². The van der Waals surface area contributed by atoms with Crippen molar-refractivity contribution in [1.29, 1.82) is 0 Å². The fraction of sp³-hybridized carbons (Fsp3) is 0.273. The van der Waals surface area contributed by atoms with Gasteiger partial charge >= 0.3 is 0 Å². The number of nitrogens with zero attached hydrogens (tertiary/aromatic N) is 1. The van der Waals surface area contributed by atoms with Gasteiger partial charge in [-0.2, -0.15) is 0 Å². The molecule has 27 heavy (non-hydrogen) atoms. The Labute approximate surface area is 164 Å². The molecule has 0 fully saturated rings. The molecule has 4 nitrogen and oxygen atoms in total. The Morgan fingerprint density at radius 3 is 2.59 bits per heavy atom. The highest BCUT2D eigenvalue weighted by atomic mass is 32.1. The highest BCUT2D eigenvalue weighted by Gasteiger charge is 2.35. The van der Waals surface area contributed by atoms with Crippen LogP contribution in [0.15, 0.2) is 59.8 Å². The molecule has 2 aromatic rings. The minimum absolute atomic E-state index is 0.191. The molecule has 0 bridgehead atoms. The van der Waals surface area contributed by atoms with Crippen LogP contribution in [0.4, 0.5) is 0 Å². The number of allylic oxidation sites excluding steroid dienone is 1. The Morgan fingerprint density at radius 1 is 1.11 bits per heavy atom. The van der Waals surface area contributed by atoms with Gasteiger partial charge in [-0.05, 0) is 61.3 Å². The first-order valence-electron chi connectivity index (χ1n) is 9.18. The number of aryl methyl sites for hydroxylation is 1. The lowest BCUT2D eigenvalue weighted by atomic mass is 9.85. The predicted octanol–water partition coefficient (Wildman–Crippen LogP) is 4.66.